The van der Waals surface area contributed by atoms with E-state index in [1.165, 1.54) is 43.5 Å². The van der Waals surface area contributed by atoms with E-state index in [1.54, 1.807) is 13.0 Å². The largest absolute Gasteiger partial charge is 0.513 e. The molecule has 2 aromatic rings. The molecule has 0 spiro atoms. The summed E-state index contributed by atoms with van der Waals surface area (Å²) in [6.07, 6.45) is 10.9. The summed E-state index contributed by atoms with van der Waals surface area (Å²) in [4.78, 5) is 2.66. The molecule has 1 aliphatic carbocycles. The van der Waals surface area contributed by atoms with Crippen molar-refractivity contribution < 1.29 is 10.2 Å². The van der Waals surface area contributed by atoms with E-state index in [0.717, 1.165) is 34.7 Å². The summed E-state index contributed by atoms with van der Waals surface area (Å²) in [7, 11) is 0. The molecule has 1 aliphatic heterocycles. The van der Waals surface area contributed by atoms with Crippen molar-refractivity contribution in [1.82, 2.24) is 4.90 Å². The number of nitrogens with zero attached hydrogens (tertiary/aromatic N) is 1. The molecule has 2 aliphatic rings. The minimum Gasteiger partial charge on any atom is -0.513 e. The smallest absolute Gasteiger partial charge is 0.0891 e. The fraction of sp³-hybridized carbons (Fsp3) is 0.355. The predicted molar refractivity (Wildman–Crippen MR) is 143 cm³/mol. The van der Waals surface area contributed by atoms with Gasteiger partial charge < -0.3 is 10.2 Å². The zero-order valence-electron chi connectivity index (χ0n) is 20.3. The summed E-state index contributed by atoms with van der Waals surface area (Å²) in [5.74, 6) is 0.880. The molecule has 0 amide bonds. The van der Waals surface area contributed by atoms with Gasteiger partial charge in [-0.2, -0.15) is 0 Å². The molecule has 2 N–H and O–H groups in total. The van der Waals surface area contributed by atoms with Crippen molar-refractivity contribution in [3.05, 3.63) is 107 Å². The monoisotopic (exact) mass is 455 g/mol. The number of hydrogen-bond acceptors (Lipinski definition) is 3. The highest BCUT2D eigenvalue weighted by molar-refractivity contribution is 5.99. The van der Waals surface area contributed by atoms with Gasteiger partial charge in [-0.25, -0.2) is 0 Å². The first-order valence-corrected chi connectivity index (χ1v) is 12.5. The lowest BCUT2D eigenvalue weighted by molar-refractivity contribution is 0.290. The second-order valence-corrected chi connectivity index (χ2v) is 9.57. The Morgan fingerprint density at radius 3 is 2.41 bits per heavy atom. The average molecular weight is 456 g/mol. The molecule has 0 aromatic heterocycles. The first-order chi connectivity index (χ1) is 16.6. The van der Waals surface area contributed by atoms with Crippen LogP contribution in [-0.2, 0) is 0 Å². The fourth-order valence-electron chi connectivity index (χ4n) is 5.00. The molecule has 1 atom stereocenters. The first kappa shape index (κ1) is 24.3. The van der Waals surface area contributed by atoms with Crippen LogP contribution in [0.3, 0.4) is 0 Å². The highest BCUT2D eigenvalue weighted by Gasteiger charge is 2.34. The van der Waals surface area contributed by atoms with Gasteiger partial charge in [-0.05, 0) is 91.0 Å². The lowest BCUT2D eigenvalue weighted by atomic mass is 9.86. The molecule has 1 unspecified atom stereocenters. The van der Waals surface area contributed by atoms with Crippen LogP contribution in [0.1, 0.15) is 61.6 Å². The second-order valence-electron chi connectivity index (χ2n) is 9.57. The van der Waals surface area contributed by atoms with Gasteiger partial charge in [0.15, 0.2) is 0 Å². The lowest BCUT2D eigenvalue weighted by Gasteiger charge is -2.19. The molecule has 34 heavy (non-hydrogen) atoms. The SMILES string of the molecule is C=C(/C=C\C=C(/C)O)/C(=C(\CCCO)c1ccccc1)c1ccc(C2CCN(C3CC3)C2)cc1. The van der Waals surface area contributed by atoms with Gasteiger partial charge in [0.2, 0.25) is 0 Å². The topological polar surface area (TPSA) is 43.7 Å². The van der Waals surface area contributed by atoms with Crippen LogP contribution in [0, 0.1) is 0 Å². The number of hydrogen-bond donors (Lipinski definition) is 2. The van der Waals surface area contributed by atoms with E-state index < -0.39 is 0 Å². The number of aliphatic hydroxyl groups is 2. The maximum Gasteiger partial charge on any atom is 0.0891 e. The van der Waals surface area contributed by atoms with Gasteiger partial charge in [0.25, 0.3) is 0 Å². The van der Waals surface area contributed by atoms with Crippen molar-refractivity contribution in [2.24, 2.45) is 0 Å². The molecular formula is C31H37NO2. The van der Waals surface area contributed by atoms with E-state index >= 15 is 0 Å². The number of likely N-dealkylation sites (tertiary alicyclic amines) is 1. The van der Waals surface area contributed by atoms with Gasteiger partial charge in [0.1, 0.15) is 0 Å². The molecule has 3 heteroatoms. The Morgan fingerprint density at radius 1 is 1.03 bits per heavy atom. The van der Waals surface area contributed by atoms with E-state index in [1.807, 2.05) is 18.2 Å². The summed E-state index contributed by atoms with van der Waals surface area (Å²) in [6, 6.07) is 20.3. The summed E-state index contributed by atoms with van der Waals surface area (Å²) in [5.41, 5.74) is 6.87. The van der Waals surface area contributed by atoms with Crippen molar-refractivity contribution in [1.29, 1.82) is 0 Å². The minimum absolute atomic E-state index is 0.149. The van der Waals surface area contributed by atoms with Gasteiger partial charge in [-0.15, -0.1) is 0 Å². The molecule has 2 fully saturated rings. The molecule has 0 radical (unpaired) electrons. The molecule has 2 aromatic carbocycles. The van der Waals surface area contributed by atoms with Crippen molar-refractivity contribution >= 4 is 11.1 Å². The van der Waals surface area contributed by atoms with E-state index in [-0.39, 0.29) is 12.4 Å². The molecule has 4 rings (SSSR count). The molecule has 178 valence electrons. The van der Waals surface area contributed by atoms with Gasteiger partial charge in [-0.1, -0.05) is 73.3 Å². The van der Waals surface area contributed by atoms with Crippen LogP contribution >= 0.6 is 0 Å². The van der Waals surface area contributed by atoms with E-state index in [9.17, 15) is 10.2 Å². The number of allylic oxidation sites excluding steroid dienone is 7. The van der Waals surface area contributed by atoms with Gasteiger partial charge >= 0.3 is 0 Å². The third-order valence-corrected chi connectivity index (χ3v) is 6.92. The Bertz CT molecular complexity index is 1050. The van der Waals surface area contributed by atoms with Gasteiger partial charge in [-0.3, -0.25) is 4.90 Å². The third-order valence-electron chi connectivity index (χ3n) is 6.92. The Morgan fingerprint density at radius 2 is 1.76 bits per heavy atom. The Balaban J connectivity index is 1.69. The molecule has 3 nitrogen and oxygen atoms in total. The highest BCUT2D eigenvalue weighted by atomic mass is 16.3. The normalized spacial score (nSPS) is 20.1. The van der Waals surface area contributed by atoms with Crippen molar-refractivity contribution in [3.63, 3.8) is 0 Å². The minimum atomic E-state index is 0.149. The lowest BCUT2D eigenvalue weighted by Crippen LogP contribution is -2.22. The van der Waals surface area contributed by atoms with Crippen molar-refractivity contribution in [2.75, 3.05) is 19.7 Å². The zero-order chi connectivity index (χ0) is 23.9. The van der Waals surface area contributed by atoms with Gasteiger partial charge in [0.05, 0.1) is 5.76 Å². The Labute approximate surface area is 204 Å². The number of rotatable bonds is 10. The third kappa shape index (κ3) is 6.16. The van der Waals surface area contributed by atoms with Crippen LogP contribution in [0.25, 0.3) is 11.1 Å². The zero-order valence-corrected chi connectivity index (χ0v) is 20.3. The van der Waals surface area contributed by atoms with Crippen LogP contribution in [0.15, 0.2) is 90.7 Å². The number of aliphatic hydroxyl groups excluding tert-OH is 2. The van der Waals surface area contributed by atoms with E-state index in [0.29, 0.717) is 12.3 Å². The average Bonchev–Trinajstić information content (AvgIpc) is 3.58. The maximum absolute atomic E-state index is 9.58. The number of benzene rings is 2. The van der Waals surface area contributed by atoms with Crippen molar-refractivity contribution in [2.45, 2.75) is 51.0 Å². The second kappa shape index (κ2) is 11.5. The molecule has 1 saturated carbocycles. The summed E-state index contributed by atoms with van der Waals surface area (Å²) < 4.78 is 0. The summed E-state index contributed by atoms with van der Waals surface area (Å²) in [6.45, 7) is 8.61. The van der Waals surface area contributed by atoms with Crippen LogP contribution in [0.2, 0.25) is 0 Å². The fourth-order valence-corrected chi connectivity index (χ4v) is 5.00. The molecule has 1 saturated heterocycles. The van der Waals surface area contributed by atoms with Crippen LogP contribution < -0.4 is 0 Å². The Hall–Kier alpha value is -2.88. The van der Waals surface area contributed by atoms with Crippen LogP contribution in [0.4, 0.5) is 0 Å². The van der Waals surface area contributed by atoms with E-state index in [2.05, 4.69) is 60.0 Å². The predicted octanol–water partition coefficient (Wildman–Crippen LogP) is 6.90. The summed E-state index contributed by atoms with van der Waals surface area (Å²) in [5, 5.41) is 19.1. The summed E-state index contributed by atoms with van der Waals surface area (Å²) >= 11 is 0. The highest BCUT2D eigenvalue weighted by Crippen LogP contribution is 2.38. The molecule has 1 heterocycles. The van der Waals surface area contributed by atoms with Crippen LogP contribution in [-0.4, -0.2) is 40.9 Å². The van der Waals surface area contributed by atoms with Crippen molar-refractivity contribution in [3.8, 4) is 0 Å². The maximum atomic E-state index is 9.58. The van der Waals surface area contributed by atoms with Gasteiger partial charge in [0, 0.05) is 19.2 Å². The molecular weight excluding hydrogens is 418 g/mol. The molecule has 0 bridgehead atoms. The quantitative estimate of drug-likeness (QED) is 0.233. The Kier molecular flexibility index (Phi) is 8.21. The van der Waals surface area contributed by atoms with E-state index in [4.69, 9.17) is 0 Å². The standard InChI is InChI=1S/C31H37NO2/c1-23(8-6-9-24(2)34)31(30(12-7-21-33)26-10-4-3-5-11-26)27-15-13-25(14-16-27)28-19-20-32(22-28)29-17-18-29/h3-6,8-11,13-16,28-29,33-34H,1,7,12,17-22H2,2H3/b8-6-,24-9+,31-30-. The first-order valence-electron chi connectivity index (χ1n) is 12.5. The van der Waals surface area contributed by atoms with Crippen LogP contribution in [0.5, 0.6) is 0 Å².